The van der Waals surface area contributed by atoms with Gasteiger partial charge in [0.05, 0.1) is 0 Å². The van der Waals surface area contributed by atoms with Crippen molar-refractivity contribution in [1.29, 1.82) is 0 Å². The number of thiol groups is 4. The monoisotopic (exact) mass is 428 g/mol. The van der Waals surface area contributed by atoms with Crippen molar-refractivity contribution in [2.75, 3.05) is 0 Å². The molecule has 0 aromatic heterocycles. The molecular weight excluding hydrogens is 405 g/mol. The molecule has 3 rings (SSSR count). The van der Waals surface area contributed by atoms with Gasteiger partial charge in [-0.05, 0) is 47.4 Å². The van der Waals surface area contributed by atoms with Crippen LogP contribution in [-0.4, -0.2) is 0 Å². The van der Waals surface area contributed by atoms with Gasteiger partial charge in [0.25, 0.3) is 0 Å². The highest BCUT2D eigenvalue weighted by molar-refractivity contribution is 7.81. The van der Waals surface area contributed by atoms with E-state index in [1.54, 1.807) is 0 Å². The van der Waals surface area contributed by atoms with Crippen LogP contribution in [0.1, 0.15) is 42.9 Å². The Balaban J connectivity index is 2.38. The summed E-state index contributed by atoms with van der Waals surface area (Å²) in [7, 11) is 0. The Morgan fingerprint density at radius 2 is 1.22 bits per heavy atom. The minimum atomic E-state index is -0.325. The van der Waals surface area contributed by atoms with Crippen LogP contribution in [0, 0.1) is 0 Å². The van der Waals surface area contributed by atoms with E-state index in [0.717, 1.165) is 38.8 Å². The molecule has 0 bridgehead atoms. The van der Waals surface area contributed by atoms with Crippen molar-refractivity contribution in [3.05, 3.63) is 83.4 Å². The van der Waals surface area contributed by atoms with Gasteiger partial charge >= 0.3 is 0 Å². The summed E-state index contributed by atoms with van der Waals surface area (Å²) < 4.78 is 0. The van der Waals surface area contributed by atoms with E-state index in [-0.39, 0.29) is 5.41 Å². The molecule has 0 fully saturated rings. The molecule has 0 saturated carbocycles. The molecule has 140 valence electrons. The van der Waals surface area contributed by atoms with E-state index in [9.17, 15) is 0 Å². The minimum absolute atomic E-state index is 0.325. The number of hydrogen-bond donors (Lipinski definition) is 4. The van der Waals surface area contributed by atoms with Gasteiger partial charge in [0, 0.05) is 25.0 Å². The molecule has 0 unspecified atom stereocenters. The second-order valence-electron chi connectivity index (χ2n) is 6.78. The third-order valence-corrected chi connectivity index (χ3v) is 6.35. The predicted octanol–water partition coefficient (Wildman–Crippen LogP) is 7.37. The summed E-state index contributed by atoms with van der Waals surface area (Å²) in [5, 5.41) is 0. The van der Waals surface area contributed by atoms with E-state index < -0.39 is 0 Å². The molecule has 0 amide bonds. The van der Waals surface area contributed by atoms with Crippen LogP contribution in [0.5, 0.6) is 0 Å². The zero-order valence-corrected chi connectivity index (χ0v) is 18.8. The summed E-state index contributed by atoms with van der Waals surface area (Å²) in [4.78, 5) is 3.73. The summed E-state index contributed by atoms with van der Waals surface area (Å²) >= 11 is 18.7. The Labute approximate surface area is 184 Å². The minimum Gasteiger partial charge on any atom is -0.143 e. The average molecular weight is 429 g/mol. The van der Waals surface area contributed by atoms with E-state index in [1.165, 1.54) is 16.7 Å². The van der Waals surface area contributed by atoms with Crippen LogP contribution < -0.4 is 0 Å². The topological polar surface area (TPSA) is 0 Å². The molecule has 0 aliphatic rings. The van der Waals surface area contributed by atoms with E-state index in [1.807, 2.05) is 24.3 Å². The van der Waals surface area contributed by atoms with Gasteiger partial charge in [-0.3, -0.25) is 0 Å². The van der Waals surface area contributed by atoms with Crippen molar-refractivity contribution in [1.82, 2.24) is 0 Å². The summed E-state index contributed by atoms with van der Waals surface area (Å²) in [6.07, 6.45) is 3.20. The van der Waals surface area contributed by atoms with Crippen molar-refractivity contribution >= 4 is 50.5 Å². The lowest BCUT2D eigenvalue weighted by atomic mass is 9.66. The molecule has 3 aromatic rings. The highest BCUT2D eigenvalue weighted by atomic mass is 32.1. The molecular formula is C23H24S4. The van der Waals surface area contributed by atoms with Gasteiger partial charge in [0.1, 0.15) is 0 Å². The fourth-order valence-corrected chi connectivity index (χ4v) is 5.22. The fraction of sp³-hybridized carbons (Fsp3) is 0.217. The second kappa shape index (κ2) is 9.04. The fourth-order valence-electron chi connectivity index (χ4n) is 3.80. The summed E-state index contributed by atoms with van der Waals surface area (Å²) in [5.74, 6) is 0. The highest BCUT2D eigenvalue weighted by Gasteiger charge is 2.38. The Kier molecular flexibility index (Phi) is 6.96. The lowest BCUT2D eigenvalue weighted by Gasteiger charge is -2.38. The quantitative estimate of drug-likeness (QED) is 0.229. The van der Waals surface area contributed by atoms with E-state index in [2.05, 4.69) is 74.6 Å². The molecule has 0 atom stereocenters. The molecule has 0 radical (unpaired) electrons. The second-order valence-corrected chi connectivity index (χ2v) is 8.77. The Morgan fingerprint density at radius 3 is 1.67 bits per heavy atom. The maximum Gasteiger partial charge on any atom is 0.0473 e. The van der Waals surface area contributed by atoms with Gasteiger partial charge in [0.15, 0.2) is 0 Å². The van der Waals surface area contributed by atoms with Gasteiger partial charge in [-0.1, -0.05) is 62.2 Å². The first-order valence-corrected chi connectivity index (χ1v) is 10.9. The van der Waals surface area contributed by atoms with Gasteiger partial charge in [-0.15, -0.1) is 50.5 Å². The van der Waals surface area contributed by atoms with Crippen LogP contribution in [0.2, 0.25) is 0 Å². The van der Waals surface area contributed by atoms with Gasteiger partial charge in [0.2, 0.25) is 0 Å². The van der Waals surface area contributed by atoms with Crippen molar-refractivity contribution in [3.63, 3.8) is 0 Å². The van der Waals surface area contributed by atoms with Crippen LogP contribution in [0.4, 0.5) is 0 Å². The van der Waals surface area contributed by atoms with E-state index in [0.29, 0.717) is 0 Å². The van der Waals surface area contributed by atoms with Crippen LogP contribution in [-0.2, 0) is 5.41 Å². The third-order valence-electron chi connectivity index (χ3n) is 5.05. The smallest absolute Gasteiger partial charge is 0.0473 e. The van der Waals surface area contributed by atoms with Crippen LogP contribution in [0.15, 0.2) is 86.3 Å². The molecule has 0 heterocycles. The first-order valence-electron chi connectivity index (χ1n) is 9.09. The normalized spacial score (nSPS) is 11.6. The van der Waals surface area contributed by atoms with Crippen molar-refractivity contribution in [2.24, 2.45) is 0 Å². The molecule has 0 saturated heterocycles. The molecule has 4 heteroatoms. The van der Waals surface area contributed by atoms with Crippen LogP contribution >= 0.6 is 50.5 Å². The Hall–Kier alpha value is -0.940. The lowest BCUT2D eigenvalue weighted by molar-refractivity contribution is 0.512. The van der Waals surface area contributed by atoms with Crippen molar-refractivity contribution < 1.29 is 0 Å². The molecule has 0 aliphatic heterocycles. The van der Waals surface area contributed by atoms with Gasteiger partial charge in [-0.2, -0.15) is 0 Å². The SMILES string of the molecule is CCCCC(c1ccccc1)(c1ccc(S)cc1S)c1ccc(S)cc1S. The van der Waals surface area contributed by atoms with Gasteiger partial charge in [-0.25, -0.2) is 0 Å². The Bertz CT molecular complexity index is 867. The van der Waals surface area contributed by atoms with Crippen molar-refractivity contribution in [3.8, 4) is 0 Å². The number of benzene rings is 3. The predicted molar refractivity (Wildman–Crippen MR) is 128 cm³/mol. The number of hydrogen-bond acceptors (Lipinski definition) is 4. The van der Waals surface area contributed by atoms with Crippen LogP contribution in [0.3, 0.4) is 0 Å². The first kappa shape index (κ1) is 20.8. The molecule has 0 aliphatic carbocycles. The summed E-state index contributed by atoms with van der Waals surface area (Å²) in [5.41, 5.74) is 3.30. The van der Waals surface area contributed by atoms with E-state index in [4.69, 9.17) is 25.3 Å². The Morgan fingerprint density at radius 1 is 0.704 bits per heavy atom. The number of unbranched alkanes of at least 4 members (excludes halogenated alkanes) is 1. The third kappa shape index (κ3) is 4.24. The first-order chi connectivity index (χ1) is 13.0. The maximum atomic E-state index is 4.85. The molecule has 3 aromatic carbocycles. The summed E-state index contributed by atoms with van der Waals surface area (Å²) in [6.45, 7) is 2.23. The zero-order valence-electron chi connectivity index (χ0n) is 15.3. The molecule has 27 heavy (non-hydrogen) atoms. The molecule has 0 nitrogen and oxygen atoms in total. The van der Waals surface area contributed by atoms with Crippen molar-refractivity contribution in [2.45, 2.75) is 51.2 Å². The van der Waals surface area contributed by atoms with Crippen LogP contribution in [0.25, 0.3) is 0 Å². The lowest BCUT2D eigenvalue weighted by Crippen LogP contribution is -2.30. The zero-order chi connectivity index (χ0) is 19.4. The highest BCUT2D eigenvalue weighted by Crippen LogP contribution is 2.48. The average Bonchev–Trinajstić information content (AvgIpc) is 2.65. The number of rotatable bonds is 6. The maximum absolute atomic E-state index is 4.85. The molecule has 0 spiro atoms. The largest absolute Gasteiger partial charge is 0.143 e. The summed E-state index contributed by atoms with van der Waals surface area (Å²) in [6, 6.07) is 23.2. The van der Waals surface area contributed by atoms with Gasteiger partial charge < -0.3 is 0 Å². The molecule has 0 N–H and O–H groups in total. The standard InChI is InChI=1S/C23H24S4/c1-2-3-13-23(16-7-5-4-6-8-16,19-11-9-17(24)14-21(19)26)20-12-10-18(25)15-22(20)27/h4-12,14-15,24-27H,2-3,13H2,1H3. The van der Waals surface area contributed by atoms with E-state index >= 15 is 0 Å².